The fraction of sp³-hybridized carbons (Fsp3) is 0.353. The maximum Gasteiger partial charge on any atom is 0.498 e. The second-order valence-corrected chi connectivity index (χ2v) is 6.41. The van der Waals surface area contributed by atoms with E-state index < -0.39 is 7.12 Å². The van der Waals surface area contributed by atoms with Crippen LogP contribution < -0.4 is 10.2 Å². The number of pyridine rings is 1. The Morgan fingerprint density at radius 2 is 1.50 bits per heavy atom. The number of benzene rings is 1. The van der Waals surface area contributed by atoms with E-state index in [0.29, 0.717) is 0 Å². The van der Waals surface area contributed by atoms with Crippen LogP contribution in [0, 0.1) is 0 Å². The fourth-order valence-corrected chi connectivity index (χ4v) is 2.27. The Hall–Kier alpha value is -1.85. The standard InChI is InChI=1S/C17H20BNO3/c1-16(2)17(3,4)22-18(21-16)14-7-5-6-8-15(14)20-13-9-11-19-12-10-13/h5-12H,1-4H3. The molecule has 1 fully saturated rings. The first-order valence-electron chi connectivity index (χ1n) is 7.41. The summed E-state index contributed by atoms with van der Waals surface area (Å²) in [5.74, 6) is 1.46. The van der Waals surface area contributed by atoms with Gasteiger partial charge in [-0.2, -0.15) is 0 Å². The predicted molar refractivity (Wildman–Crippen MR) is 86.5 cm³/mol. The van der Waals surface area contributed by atoms with E-state index in [0.717, 1.165) is 17.0 Å². The lowest BCUT2D eigenvalue weighted by atomic mass is 9.78. The molecule has 22 heavy (non-hydrogen) atoms. The van der Waals surface area contributed by atoms with Gasteiger partial charge in [0, 0.05) is 17.9 Å². The molecule has 1 aliphatic heterocycles. The zero-order valence-electron chi connectivity index (χ0n) is 13.4. The van der Waals surface area contributed by atoms with E-state index in [9.17, 15) is 0 Å². The Bertz CT molecular complexity index is 642. The molecule has 1 aromatic carbocycles. The zero-order chi connectivity index (χ0) is 15.8. The monoisotopic (exact) mass is 297 g/mol. The summed E-state index contributed by atoms with van der Waals surface area (Å²) in [6, 6.07) is 11.4. The third-order valence-electron chi connectivity index (χ3n) is 4.30. The van der Waals surface area contributed by atoms with Gasteiger partial charge in [0.1, 0.15) is 11.5 Å². The van der Waals surface area contributed by atoms with Gasteiger partial charge in [0.15, 0.2) is 0 Å². The maximum atomic E-state index is 6.11. The summed E-state index contributed by atoms with van der Waals surface area (Å²) in [4.78, 5) is 4.00. The topological polar surface area (TPSA) is 40.6 Å². The molecular formula is C17H20BNO3. The smallest absolute Gasteiger partial charge is 0.458 e. The van der Waals surface area contributed by atoms with Crippen molar-refractivity contribution in [2.75, 3.05) is 0 Å². The van der Waals surface area contributed by atoms with Crippen molar-refractivity contribution in [3.63, 3.8) is 0 Å². The van der Waals surface area contributed by atoms with Gasteiger partial charge in [0.05, 0.1) is 11.2 Å². The molecule has 0 amide bonds. The average molecular weight is 297 g/mol. The molecule has 0 spiro atoms. The molecule has 1 aliphatic rings. The van der Waals surface area contributed by atoms with Crippen molar-refractivity contribution in [1.29, 1.82) is 0 Å². The van der Waals surface area contributed by atoms with Crippen molar-refractivity contribution in [3.05, 3.63) is 48.8 Å². The molecule has 5 heteroatoms. The van der Waals surface area contributed by atoms with Crippen LogP contribution in [0.15, 0.2) is 48.8 Å². The minimum atomic E-state index is -0.442. The molecule has 2 aromatic rings. The molecule has 0 bridgehead atoms. The van der Waals surface area contributed by atoms with Gasteiger partial charge < -0.3 is 14.0 Å². The van der Waals surface area contributed by atoms with Gasteiger partial charge in [0.2, 0.25) is 0 Å². The first-order valence-corrected chi connectivity index (χ1v) is 7.41. The first kappa shape index (κ1) is 15.1. The van der Waals surface area contributed by atoms with E-state index in [1.165, 1.54) is 0 Å². The molecule has 0 aliphatic carbocycles. The normalized spacial score (nSPS) is 19.2. The van der Waals surface area contributed by atoms with Crippen LogP contribution in [-0.4, -0.2) is 23.3 Å². The lowest BCUT2D eigenvalue weighted by molar-refractivity contribution is 0.00578. The second kappa shape index (κ2) is 5.41. The number of rotatable bonds is 3. The molecule has 0 N–H and O–H groups in total. The van der Waals surface area contributed by atoms with Crippen LogP contribution in [0.2, 0.25) is 0 Å². The third kappa shape index (κ3) is 2.74. The van der Waals surface area contributed by atoms with Crippen molar-refractivity contribution >= 4 is 12.6 Å². The highest BCUT2D eigenvalue weighted by Gasteiger charge is 2.52. The van der Waals surface area contributed by atoms with Gasteiger partial charge in [-0.25, -0.2) is 0 Å². The summed E-state index contributed by atoms with van der Waals surface area (Å²) in [6.45, 7) is 8.16. The minimum Gasteiger partial charge on any atom is -0.458 e. The second-order valence-electron chi connectivity index (χ2n) is 6.41. The number of hydrogen-bond donors (Lipinski definition) is 0. The van der Waals surface area contributed by atoms with Crippen LogP contribution in [0.25, 0.3) is 0 Å². The molecule has 0 saturated carbocycles. The van der Waals surface area contributed by atoms with Crippen molar-refractivity contribution < 1.29 is 14.0 Å². The molecule has 2 heterocycles. The number of hydrogen-bond acceptors (Lipinski definition) is 4. The Morgan fingerprint density at radius 3 is 2.14 bits per heavy atom. The molecular weight excluding hydrogens is 277 g/mol. The van der Waals surface area contributed by atoms with Crippen LogP contribution in [0.1, 0.15) is 27.7 Å². The summed E-state index contributed by atoms with van der Waals surface area (Å²) in [7, 11) is -0.442. The number of aromatic nitrogens is 1. The molecule has 3 rings (SSSR count). The van der Waals surface area contributed by atoms with Gasteiger partial charge in [0.25, 0.3) is 0 Å². The number of ether oxygens (including phenoxy) is 1. The van der Waals surface area contributed by atoms with E-state index in [2.05, 4.69) is 4.98 Å². The molecule has 4 nitrogen and oxygen atoms in total. The summed E-state index contributed by atoms with van der Waals surface area (Å²) >= 11 is 0. The van der Waals surface area contributed by atoms with Crippen LogP contribution in [-0.2, 0) is 9.31 Å². The molecule has 0 radical (unpaired) electrons. The van der Waals surface area contributed by atoms with Crippen molar-refractivity contribution in [2.45, 2.75) is 38.9 Å². The third-order valence-corrected chi connectivity index (χ3v) is 4.30. The van der Waals surface area contributed by atoms with Gasteiger partial charge in [-0.1, -0.05) is 18.2 Å². The summed E-state index contributed by atoms with van der Waals surface area (Å²) in [5.41, 5.74) is 0.140. The summed E-state index contributed by atoms with van der Waals surface area (Å²) < 4.78 is 18.2. The Labute approximate surface area is 131 Å². The summed E-state index contributed by atoms with van der Waals surface area (Å²) in [6.07, 6.45) is 3.40. The van der Waals surface area contributed by atoms with E-state index in [4.69, 9.17) is 14.0 Å². The zero-order valence-corrected chi connectivity index (χ0v) is 13.4. The average Bonchev–Trinajstić information content (AvgIpc) is 2.69. The molecule has 114 valence electrons. The molecule has 1 aromatic heterocycles. The Balaban J connectivity index is 1.90. The first-order chi connectivity index (χ1) is 10.4. The van der Waals surface area contributed by atoms with E-state index >= 15 is 0 Å². The highest BCUT2D eigenvalue weighted by Crippen LogP contribution is 2.37. The lowest BCUT2D eigenvalue weighted by Gasteiger charge is -2.32. The predicted octanol–water partition coefficient (Wildman–Crippen LogP) is 3.17. The maximum absolute atomic E-state index is 6.11. The molecule has 0 atom stereocenters. The fourth-order valence-electron chi connectivity index (χ4n) is 2.27. The summed E-state index contributed by atoms with van der Waals surface area (Å²) in [5, 5.41) is 0. The molecule has 1 saturated heterocycles. The van der Waals surface area contributed by atoms with Gasteiger partial charge in [-0.15, -0.1) is 0 Å². The van der Waals surface area contributed by atoms with Gasteiger partial charge in [-0.3, -0.25) is 4.98 Å². The van der Waals surface area contributed by atoms with E-state index in [1.807, 2.05) is 64.1 Å². The lowest BCUT2D eigenvalue weighted by Crippen LogP contribution is -2.41. The van der Waals surface area contributed by atoms with Crippen molar-refractivity contribution in [2.24, 2.45) is 0 Å². The van der Waals surface area contributed by atoms with Gasteiger partial charge in [-0.05, 0) is 45.9 Å². The Kier molecular flexibility index (Phi) is 3.71. The van der Waals surface area contributed by atoms with Crippen LogP contribution in [0.3, 0.4) is 0 Å². The van der Waals surface area contributed by atoms with Crippen molar-refractivity contribution in [3.8, 4) is 11.5 Å². The SMILES string of the molecule is CC1(C)OB(c2ccccc2Oc2ccncc2)OC1(C)C. The van der Waals surface area contributed by atoms with E-state index in [1.54, 1.807) is 12.4 Å². The van der Waals surface area contributed by atoms with Crippen LogP contribution in [0.5, 0.6) is 11.5 Å². The minimum absolute atomic E-state index is 0.374. The highest BCUT2D eigenvalue weighted by molar-refractivity contribution is 6.63. The highest BCUT2D eigenvalue weighted by atomic mass is 16.7. The van der Waals surface area contributed by atoms with E-state index in [-0.39, 0.29) is 11.2 Å². The number of nitrogens with zero attached hydrogens (tertiary/aromatic N) is 1. The number of para-hydroxylation sites is 1. The Morgan fingerprint density at radius 1 is 0.909 bits per heavy atom. The van der Waals surface area contributed by atoms with Crippen LogP contribution in [0.4, 0.5) is 0 Å². The molecule has 0 unspecified atom stereocenters. The van der Waals surface area contributed by atoms with Crippen molar-refractivity contribution in [1.82, 2.24) is 4.98 Å². The van der Waals surface area contributed by atoms with Gasteiger partial charge >= 0.3 is 7.12 Å². The quantitative estimate of drug-likeness (QED) is 0.816. The van der Waals surface area contributed by atoms with Crippen LogP contribution >= 0.6 is 0 Å². The largest absolute Gasteiger partial charge is 0.498 e.